The predicted octanol–water partition coefficient (Wildman–Crippen LogP) is 3.37. The largest absolute Gasteiger partial charge is 0.368 e. The monoisotopic (exact) mass is 310 g/mol. The number of anilines is 1. The lowest BCUT2D eigenvalue weighted by atomic mass is 10.2. The van der Waals surface area contributed by atoms with Crippen LogP contribution in [0.15, 0.2) is 54.6 Å². The van der Waals surface area contributed by atoms with Gasteiger partial charge in [0.05, 0.1) is 17.9 Å². The maximum Gasteiger partial charge on any atom is 0.250 e. The molecule has 1 N–H and O–H groups in total. The molecule has 0 saturated carbocycles. The number of carbonyl (C=O) groups excluding carboxylic acids is 1. The van der Waals surface area contributed by atoms with Crippen LogP contribution in [0.4, 0.5) is 10.1 Å². The van der Waals surface area contributed by atoms with E-state index in [2.05, 4.69) is 5.32 Å². The third-order valence-corrected chi connectivity index (χ3v) is 2.93. The van der Waals surface area contributed by atoms with E-state index in [0.717, 1.165) is 5.56 Å². The van der Waals surface area contributed by atoms with Crippen molar-refractivity contribution in [2.24, 2.45) is 0 Å². The molecule has 4 nitrogen and oxygen atoms in total. The standard InChI is InChI=1S/C18H15FN2O2/c19-16-8-3-5-14(11-16)6-4-10-23-13-18(22)21-17-9-2-1-7-15(17)12-20/h1-9,11H,10,13H2,(H,21,22)/b6-4-. The Labute approximate surface area is 133 Å². The molecule has 0 radical (unpaired) electrons. The molecule has 2 aromatic carbocycles. The summed E-state index contributed by atoms with van der Waals surface area (Å²) in [4.78, 5) is 11.7. The minimum absolute atomic E-state index is 0.132. The van der Waals surface area contributed by atoms with Crippen LogP contribution in [-0.4, -0.2) is 19.1 Å². The summed E-state index contributed by atoms with van der Waals surface area (Å²) < 4.78 is 18.2. The Morgan fingerprint density at radius 1 is 1.26 bits per heavy atom. The second-order valence-electron chi connectivity index (χ2n) is 4.68. The van der Waals surface area contributed by atoms with Gasteiger partial charge in [-0.2, -0.15) is 5.26 Å². The number of carbonyl (C=O) groups is 1. The molecule has 0 spiro atoms. The zero-order chi connectivity index (χ0) is 16.5. The van der Waals surface area contributed by atoms with E-state index < -0.39 is 0 Å². The van der Waals surface area contributed by atoms with Crippen LogP contribution in [0.3, 0.4) is 0 Å². The van der Waals surface area contributed by atoms with Crippen LogP contribution in [0.5, 0.6) is 0 Å². The number of para-hydroxylation sites is 1. The van der Waals surface area contributed by atoms with E-state index in [-0.39, 0.29) is 24.9 Å². The summed E-state index contributed by atoms with van der Waals surface area (Å²) in [6.45, 7) is 0.0943. The summed E-state index contributed by atoms with van der Waals surface area (Å²) in [7, 11) is 0. The lowest BCUT2D eigenvalue weighted by molar-refractivity contribution is -0.120. The van der Waals surface area contributed by atoms with Crippen LogP contribution in [0, 0.1) is 17.1 Å². The fraction of sp³-hybridized carbons (Fsp3) is 0.111. The van der Waals surface area contributed by atoms with E-state index in [9.17, 15) is 9.18 Å². The molecule has 0 aliphatic rings. The summed E-state index contributed by atoms with van der Waals surface area (Å²) in [6, 6.07) is 14.9. The molecule has 2 rings (SSSR count). The highest BCUT2D eigenvalue weighted by molar-refractivity contribution is 5.92. The van der Waals surface area contributed by atoms with Gasteiger partial charge < -0.3 is 10.1 Å². The number of hydrogen-bond donors (Lipinski definition) is 1. The highest BCUT2D eigenvalue weighted by Gasteiger charge is 2.05. The topological polar surface area (TPSA) is 62.1 Å². The average molecular weight is 310 g/mol. The summed E-state index contributed by atoms with van der Waals surface area (Å²) in [6.07, 6.45) is 3.41. The third kappa shape index (κ3) is 5.38. The van der Waals surface area contributed by atoms with Crippen molar-refractivity contribution in [3.05, 3.63) is 71.6 Å². The van der Waals surface area contributed by atoms with Crippen LogP contribution in [0.25, 0.3) is 6.08 Å². The van der Waals surface area contributed by atoms with Gasteiger partial charge in [-0.3, -0.25) is 4.79 Å². The Morgan fingerprint density at radius 3 is 2.87 bits per heavy atom. The molecule has 0 aliphatic heterocycles. The smallest absolute Gasteiger partial charge is 0.250 e. The number of rotatable bonds is 6. The maximum absolute atomic E-state index is 13.0. The first-order valence-electron chi connectivity index (χ1n) is 6.98. The highest BCUT2D eigenvalue weighted by atomic mass is 19.1. The summed E-state index contributed by atoms with van der Waals surface area (Å²) in [5, 5.41) is 11.6. The Hall–Kier alpha value is -2.97. The van der Waals surface area contributed by atoms with Crippen molar-refractivity contribution in [2.45, 2.75) is 0 Å². The summed E-state index contributed by atoms with van der Waals surface area (Å²) >= 11 is 0. The second kappa shape index (κ2) is 8.47. The van der Waals surface area contributed by atoms with E-state index in [1.807, 2.05) is 6.07 Å². The third-order valence-electron chi connectivity index (χ3n) is 2.93. The number of amides is 1. The number of nitrogens with zero attached hydrogens (tertiary/aromatic N) is 1. The fourth-order valence-electron chi connectivity index (χ4n) is 1.89. The molecule has 0 heterocycles. The summed E-state index contributed by atoms with van der Waals surface area (Å²) in [5.74, 6) is -0.643. The van der Waals surface area contributed by atoms with E-state index >= 15 is 0 Å². The molecule has 0 fully saturated rings. The first-order valence-corrected chi connectivity index (χ1v) is 6.98. The predicted molar refractivity (Wildman–Crippen MR) is 86.0 cm³/mol. The first-order chi connectivity index (χ1) is 11.2. The van der Waals surface area contributed by atoms with Gasteiger partial charge in [0.2, 0.25) is 5.91 Å². The number of hydrogen-bond acceptors (Lipinski definition) is 3. The lowest BCUT2D eigenvalue weighted by Gasteiger charge is -2.06. The molecule has 0 aromatic heterocycles. The van der Waals surface area contributed by atoms with E-state index in [4.69, 9.17) is 10.00 Å². The van der Waals surface area contributed by atoms with Gasteiger partial charge in [-0.15, -0.1) is 0 Å². The number of benzene rings is 2. The highest BCUT2D eigenvalue weighted by Crippen LogP contribution is 2.13. The van der Waals surface area contributed by atoms with E-state index in [1.54, 1.807) is 48.6 Å². The zero-order valence-electron chi connectivity index (χ0n) is 12.3. The van der Waals surface area contributed by atoms with Crippen molar-refractivity contribution in [2.75, 3.05) is 18.5 Å². The Morgan fingerprint density at radius 2 is 2.09 bits per heavy atom. The minimum atomic E-state index is -0.341. The van der Waals surface area contributed by atoms with Crippen molar-refractivity contribution in [3.8, 4) is 6.07 Å². The second-order valence-corrected chi connectivity index (χ2v) is 4.68. The van der Waals surface area contributed by atoms with Gasteiger partial charge in [0.25, 0.3) is 0 Å². The molecule has 23 heavy (non-hydrogen) atoms. The fourth-order valence-corrected chi connectivity index (χ4v) is 1.89. The average Bonchev–Trinajstić information content (AvgIpc) is 2.55. The van der Waals surface area contributed by atoms with Crippen LogP contribution in [0.1, 0.15) is 11.1 Å². The molecule has 0 bridgehead atoms. The number of ether oxygens (including phenoxy) is 1. The van der Waals surface area contributed by atoms with Crippen molar-refractivity contribution in [1.82, 2.24) is 0 Å². The molecule has 0 saturated heterocycles. The van der Waals surface area contributed by atoms with Crippen molar-refractivity contribution in [3.63, 3.8) is 0 Å². The molecule has 5 heteroatoms. The van der Waals surface area contributed by atoms with Gasteiger partial charge in [0.1, 0.15) is 18.5 Å². The van der Waals surface area contributed by atoms with Gasteiger partial charge in [0.15, 0.2) is 0 Å². The van der Waals surface area contributed by atoms with Gasteiger partial charge >= 0.3 is 0 Å². The lowest BCUT2D eigenvalue weighted by Crippen LogP contribution is -2.18. The Balaban J connectivity index is 1.76. The number of halogens is 1. The molecular formula is C18H15FN2O2. The van der Waals surface area contributed by atoms with Crippen LogP contribution in [-0.2, 0) is 9.53 Å². The summed E-state index contributed by atoms with van der Waals surface area (Å²) in [5.41, 5.74) is 1.58. The van der Waals surface area contributed by atoms with Crippen molar-refractivity contribution >= 4 is 17.7 Å². The SMILES string of the molecule is N#Cc1ccccc1NC(=O)COC/C=C\c1cccc(F)c1. The van der Waals surface area contributed by atoms with Crippen LogP contribution >= 0.6 is 0 Å². The quantitative estimate of drug-likeness (QED) is 0.832. The van der Waals surface area contributed by atoms with Gasteiger partial charge in [-0.25, -0.2) is 4.39 Å². The molecule has 0 atom stereocenters. The van der Waals surface area contributed by atoms with Crippen molar-refractivity contribution < 1.29 is 13.9 Å². The van der Waals surface area contributed by atoms with E-state index in [1.165, 1.54) is 12.1 Å². The molecule has 2 aromatic rings. The minimum Gasteiger partial charge on any atom is -0.368 e. The normalized spacial score (nSPS) is 10.4. The Kier molecular flexibility index (Phi) is 6.04. The number of nitrogens with one attached hydrogen (secondary N) is 1. The molecule has 1 amide bonds. The van der Waals surface area contributed by atoms with E-state index in [0.29, 0.717) is 11.3 Å². The molecule has 116 valence electrons. The van der Waals surface area contributed by atoms with Gasteiger partial charge in [-0.05, 0) is 29.8 Å². The Bertz CT molecular complexity index is 751. The first kappa shape index (κ1) is 16.4. The van der Waals surface area contributed by atoms with Crippen LogP contribution < -0.4 is 5.32 Å². The molecule has 0 unspecified atom stereocenters. The van der Waals surface area contributed by atoms with Crippen LogP contribution in [0.2, 0.25) is 0 Å². The van der Waals surface area contributed by atoms with Gasteiger partial charge in [-0.1, -0.05) is 36.4 Å². The molecule has 0 aliphatic carbocycles. The van der Waals surface area contributed by atoms with Gasteiger partial charge in [0, 0.05) is 0 Å². The maximum atomic E-state index is 13.0. The van der Waals surface area contributed by atoms with Crippen molar-refractivity contribution in [1.29, 1.82) is 5.26 Å². The zero-order valence-corrected chi connectivity index (χ0v) is 12.3. The number of nitriles is 1. The molecular weight excluding hydrogens is 295 g/mol.